The molecule has 0 saturated heterocycles. The monoisotopic (exact) mass is 226 g/mol. The maximum atomic E-state index is 11.1. The van der Waals surface area contributed by atoms with Gasteiger partial charge >= 0.3 is 0 Å². The predicted molar refractivity (Wildman–Crippen MR) is 57.2 cm³/mol. The number of anilines is 2. The maximum absolute atomic E-state index is 11.1. The van der Waals surface area contributed by atoms with Crippen molar-refractivity contribution < 1.29 is 8.42 Å². The summed E-state index contributed by atoms with van der Waals surface area (Å²) in [5.41, 5.74) is 6.37. The highest BCUT2D eigenvalue weighted by Gasteiger charge is 2.08. The standard InChI is InChI=1S/C8H10N4O2S/c1-11-15(13,14)12-8-3-2-6(5-9)4-7(8)10/h2-4,11-12H,10H2,1H3. The Kier molecular flexibility index (Phi) is 3.14. The number of nitrogen functional groups attached to an aromatic ring is 1. The summed E-state index contributed by atoms with van der Waals surface area (Å²) in [6, 6.07) is 6.20. The van der Waals surface area contributed by atoms with Crippen LogP contribution in [0, 0.1) is 11.3 Å². The SMILES string of the molecule is CNS(=O)(=O)Nc1ccc(C#N)cc1N. The summed E-state index contributed by atoms with van der Waals surface area (Å²) < 4.78 is 26.6. The molecule has 0 saturated carbocycles. The van der Waals surface area contributed by atoms with Crippen molar-refractivity contribution in [2.45, 2.75) is 0 Å². The normalized spacial score (nSPS) is 10.7. The van der Waals surface area contributed by atoms with Crippen LogP contribution in [-0.4, -0.2) is 15.5 Å². The lowest BCUT2D eigenvalue weighted by atomic mass is 10.2. The molecule has 7 heteroatoms. The summed E-state index contributed by atoms with van der Waals surface area (Å²) in [5, 5.41) is 8.58. The van der Waals surface area contributed by atoms with Crippen molar-refractivity contribution in [1.29, 1.82) is 5.26 Å². The molecule has 4 N–H and O–H groups in total. The highest BCUT2D eigenvalue weighted by atomic mass is 32.2. The van der Waals surface area contributed by atoms with Gasteiger partial charge in [0, 0.05) is 7.05 Å². The first-order chi connectivity index (χ1) is 6.98. The minimum absolute atomic E-state index is 0.202. The molecule has 0 fully saturated rings. The predicted octanol–water partition coefficient (Wildman–Crippen LogP) is 0.0166. The highest BCUT2D eigenvalue weighted by Crippen LogP contribution is 2.20. The lowest BCUT2D eigenvalue weighted by Gasteiger charge is -2.08. The Bertz CT molecular complexity index is 504. The molecule has 1 aromatic carbocycles. The highest BCUT2D eigenvalue weighted by molar-refractivity contribution is 7.90. The Morgan fingerprint density at radius 2 is 2.13 bits per heavy atom. The minimum atomic E-state index is -3.58. The van der Waals surface area contributed by atoms with Crippen LogP contribution in [-0.2, 0) is 10.2 Å². The Labute approximate surface area is 87.9 Å². The quantitative estimate of drug-likeness (QED) is 0.631. The van der Waals surface area contributed by atoms with Gasteiger partial charge in [0.15, 0.2) is 0 Å². The average molecular weight is 226 g/mol. The zero-order valence-electron chi connectivity index (χ0n) is 7.98. The van der Waals surface area contributed by atoms with Gasteiger partial charge in [-0.15, -0.1) is 0 Å². The Morgan fingerprint density at radius 3 is 2.60 bits per heavy atom. The molecule has 0 heterocycles. The third-order valence-electron chi connectivity index (χ3n) is 1.69. The molecule has 0 amide bonds. The van der Waals surface area contributed by atoms with Gasteiger partial charge in [0.25, 0.3) is 10.2 Å². The fourth-order valence-electron chi connectivity index (χ4n) is 0.921. The summed E-state index contributed by atoms with van der Waals surface area (Å²) in [4.78, 5) is 0. The van der Waals surface area contributed by atoms with Crippen LogP contribution in [0.3, 0.4) is 0 Å². The molecule has 15 heavy (non-hydrogen) atoms. The number of hydrogen-bond acceptors (Lipinski definition) is 4. The molecule has 0 aliphatic carbocycles. The largest absolute Gasteiger partial charge is 0.397 e. The second-order valence-electron chi connectivity index (χ2n) is 2.72. The van der Waals surface area contributed by atoms with Crippen LogP contribution in [0.5, 0.6) is 0 Å². The molecule has 1 rings (SSSR count). The van der Waals surface area contributed by atoms with E-state index in [4.69, 9.17) is 11.0 Å². The fourth-order valence-corrected chi connectivity index (χ4v) is 1.50. The molecule has 1 aromatic rings. The van der Waals surface area contributed by atoms with Crippen molar-refractivity contribution in [3.63, 3.8) is 0 Å². The van der Waals surface area contributed by atoms with E-state index in [0.29, 0.717) is 5.56 Å². The second kappa shape index (κ2) is 4.16. The van der Waals surface area contributed by atoms with Crippen molar-refractivity contribution in [3.8, 4) is 6.07 Å². The number of rotatable bonds is 3. The van der Waals surface area contributed by atoms with Crippen LogP contribution in [0.4, 0.5) is 11.4 Å². The van der Waals surface area contributed by atoms with Gasteiger partial charge in [0.05, 0.1) is 23.0 Å². The molecule has 0 atom stereocenters. The third-order valence-corrected chi connectivity index (χ3v) is 2.72. The first-order valence-electron chi connectivity index (χ1n) is 3.99. The van der Waals surface area contributed by atoms with Crippen LogP contribution in [0.2, 0.25) is 0 Å². The second-order valence-corrected chi connectivity index (χ2v) is 4.34. The third kappa shape index (κ3) is 2.83. The van der Waals surface area contributed by atoms with Crippen LogP contribution in [0.1, 0.15) is 5.56 Å². The summed E-state index contributed by atoms with van der Waals surface area (Å²) in [6.45, 7) is 0. The van der Waals surface area contributed by atoms with Gasteiger partial charge in [-0.3, -0.25) is 4.72 Å². The van der Waals surface area contributed by atoms with E-state index < -0.39 is 10.2 Å². The molecule has 0 bridgehead atoms. The number of nitriles is 1. The number of hydrogen-bond donors (Lipinski definition) is 3. The van der Waals surface area contributed by atoms with Gasteiger partial charge in [-0.1, -0.05) is 0 Å². The zero-order chi connectivity index (χ0) is 11.5. The lowest BCUT2D eigenvalue weighted by Crippen LogP contribution is -2.26. The van der Waals surface area contributed by atoms with E-state index in [1.165, 1.54) is 25.2 Å². The Balaban J connectivity index is 3.04. The van der Waals surface area contributed by atoms with E-state index in [9.17, 15) is 8.42 Å². The minimum Gasteiger partial charge on any atom is -0.397 e. The van der Waals surface area contributed by atoms with E-state index in [0.717, 1.165) is 0 Å². The smallest absolute Gasteiger partial charge is 0.298 e. The van der Waals surface area contributed by atoms with Crippen molar-refractivity contribution in [2.24, 2.45) is 0 Å². The zero-order valence-corrected chi connectivity index (χ0v) is 8.80. The first kappa shape index (κ1) is 11.3. The van der Waals surface area contributed by atoms with Crippen LogP contribution >= 0.6 is 0 Å². The summed E-state index contributed by atoms with van der Waals surface area (Å²) in [5.74, 6) is 0. The summed E-state index contributed by atoms with van der Waals surface area (Å²) >= 11 is 0. The van der Waals surface area contributed by atoms with Crippen molar-refractivity contribution >= 4 is 21.6 Å². The first-order valence-corrected chi connectivity index (χ1v) is 5.48. The van der Waals surface area contributed by atoms with Crippen molar-refractivity contribution in [3.05, 3.63) is 23.8 Å². The van der Waals surface area contributed by atoms with Crippen LogP contribution < -0.4 is 15.2 Å². The molecule has 0 radical (unpaired) electrons. The Morgan fingerprint density at radius 1 is 1.47 bits per heavy atom. The molecular formula is C8H10N4O2S. The van der Waals surface area contributed by atoms with Crippen LogP contribution in [0.25, 0.3) is 0 Å². The molecular weight excluding hydrogens is 216 g/mol. The summed E-state index contributed by atoms with van der Waals surface area (Å²) in [6.07, 6.45) is 0. The topological polar surface area (TPSA) is 108 Å². The van der Waals surface area contributed by atoms with Crippen molar-refractivity contribution in [1.82, 2.24) is 4.72 Å². The molecule has 6 nitrogen and oxygen atoms in total. The number of nitrogens with zero attached hydrogens (tertiary/aromatic N) is 1. The molecule has 0 aromatic heterocycles. The van der Waals surface area contributed by atoms with Gasteiger partial charge in [0.2, 0.25) is 0 Å². The molecule has 0 aliphatic heterocycles. The number of benzene rings is 1. The fraction of sp³-hybridized carbons (Fsp3) is 0.125. The number of nitrogens with two attached hydrogens (primary N) is 1. The van der Waals surface area contributed by atoms with Crippen molar-refractivity contribution in [2.75, 3.05) is 17.5 Å². The molecule has 0 unspecified atom stereocenters. The maximum Gasteiger partial charge on any atom is 0.298 e. The molecule has 80 valence electrons. The average Bonchev–Trinajstić information content (AvgIpc) is 2.21. The van der Waals surface area contributed by atoms with E-state index in [1.807, 2.05) is 6.07 Å². The number of nitrogens with one attached hydrogen (secondary N) is 2. The van der Waals surface area contributed by atoms with E-state index >= 15 is 0 Å². The Hall–Kier alpha value is -1.78. The van der Waals surface area contributed by atoms with E-state index in [-0.39, 0.29) is 11.4 Å². The van der Waals surface area contributed by atoms with Crippen LogP contribution in [0.15, 0.2) is 18.2 Å². The van der Waals surface area contributed by atoms with E-state index in [1.54, 1.807) is 0 Å². The van der Waals surface area contributed by atoms with Gasteiger partial charge in [-0.05, 0) is 18.2 Å². The molecule has 0 spiro atoms. The molecule has 0 aliphatic rings. The van der Waals surface area contributed by atoms with Gasteiger partial charge in [-0.25, -0.2) is 4.72 Å². The van der Waals surface area contributed by atoms with Gasteiger partial charge in [-0.2, -0.15) is 13.7 Å². The van der Waals surface area contributed by atoms with E-state index in [2.05, 4.69) is 9.44 Å². The summed E-state index contributed by atoms with van der Waals surface area (Å²) in [7, 11) is -2.30. The lowest BCUT2D eigenvalue weighted by molar-refractivity contribution is 0.593. The van der Waals surface area contributed by atoms with Gasteiger partial charge in [0.1, 0.15) is 0 Å². The van der Waals surface area contributed by atoms with Gasteiger partial charge < -0.3 is 5.73 Å².